The number of thioether (sulfide) groups is 1. The molecule has 2 heteroatoms. The molecule has 2 rings (SSSR count). The summed E-state index contributed by atoms with van der Waals surface area (Å²) in [7, 11) is 0. The van der Waals surface area contributed by atoms with Gasteiger partial charge < -0.3 is 0 Å². The minimum Gasteiger partial charge on any atom is -0.285 e. The number of carbonyl (C=O) groups excluding carboxylic acids is 1. The first-order chi connectivity index (χ1) is 5.85. The van der Waals surface area contributed by atoms with E-state index < -0.39 is 0 Å². The maximum absolute atomic E-state index is 8.97. The van der Waals surface area contributed by atoms with Crippen molar-refractivity contribution in [1.29, 1.82) is 0 Å². The van der Waals surface area contributed by atoms with Crippen LogP contribution in [-0.2, 0) is 0 Å². The molecule has 1 saturated carbocycles. The molecule has 0 saturated heterocycles. The lowest BCUT2D eigenvalue weighted by Crippen LogP contribution is -2.02. The second kappa shape index (κ2) is 2.94. The van der Waals surface area contributed by atoms with Crippen LogP contribution < -0.4 is 0 Å². The Morgan fingerprint density at radius 1 is 1.25 bits per heavy atom. The van der Waals surface area contributed by atoms with Crippen LogP contribution in [0.3, 0.4) is 0 Å². The molecular weight excluding hydrogens is 168 g/mol. The van der Waals surface area contributed by atoms with Crippen molar-refractivity contribution in [1.82, 2.24) is 0 Å². The fourth-order valence-corrected chi connectivity index (χ4v) is 2.23. The maximum atomic E-state index is 8.97. The summed E-state index contributed by atoms with van der Waals surface area (Å²) in [5.41, 5.74) is 0. The van der Waals surface area contributed by atoms with Crippen molar-refractivity contribution in [3.05, 3.63) is 30.3 Å². The monoisotopic (exact) mass is 179 g/mol. The Balaban J connectivity index is 2.09. The first-order valence-corrected chi connectivity index (χ1v) is 4.89. The van der Waals surface area contributed by atoms with Gasteiger partial charge in [0, 0.05) is 4.90 Å². The summed E-state index contributed by atoms with van der Waals surface area (Å²) in [5.74, 6) is 0. The molecule has 1 fully saturated rings. The van der Waals surface area contributed by atoms with E-state index in [1.54, 1.807) is 11.8 Å². The van der Waals surface area contributed by atoms with Gasteiger partial charge in [-0.25, -0.2) is 0 Å². The molecule has 0 aliphatic heterocycles. The van der Waals surface area contributed by atoms with Crippen LogP contribution in [0.5, 0.6) is 0 Å². The normalized spacial score (nSPS) is 18.7. The Morgan fingerprint density at radius 3 is 2.42 bits per heavy atom. The van der Waals surface area contributed by atoms with E-state index in [4.69, 9.17) is 4.79 Å². The second-order valence-corrected chi connectivity index (χ2v) is 4.60. The molecule has 0 aromatic heterocycles. The van der Waals surface area contributed by atoms with E-state index in [-0.39, 0.29) is 4.75 Å². The van der Waals surface area contributed by atoms with E-state index in [9.17, 15) is 0 Å². The summed E-state index contributed by atoms with van der Waals surface area (Å²) in [5, 5.41) is 0. The predicted octanol–water partition coefficient (Wildman–Crippen LogP) is 2.49. The van der Waals surface area contributed by atoms with Gasteiger partial charge in [0.2, 0.25) is 0 Å². The molecule has 1 aliphatic rings. The molecule has 0 amide bonds. The highest BCUT2D eigenvalue weighted by atomic mass is 32.2. The molecule has 1 aromatic rings. The number of rotatable bonds is 3. The van der Waals surface area contributed by atoms with Gasteiger partial charge >= 0.3 is 0 Å². The van der Waals surface area contributed by atoms with Crippen molar-refractivity contribution >= 4 is 18.0 Å². The maximum Gasteiger partial charge on any atom is 0.298 e. The molecule has 1 aromatic carbocycles. The van der Waals surface area contributed by atoms with E-state index in [2.05, 4.69) is 12.1 Å². The van der Waals surface area contributed by atoms with Crippen LogP contribution >= 0.6 is 11.8 Å². The summed E-state index contributed by atoms with van der Waals surface area (Å²) in [6.07, 6.45) is 3.54. The Labute approximate surface area is 76.2 Å². The number of hydrogen-bond acceptors (Lipinski definition) is 1. The molecular formula is C10H11OS+. The SMILES string of the molecule is [OH+]=CC1(Sc2ccccc2)CC1. The van der Waals surface area contributed by atoms with Gasteiger partial charge in [-0.1, -0.05) is 18.2 Å². The van der Waals surface area contributed by atoms with Crippen LogP contribution in [0.15, 0.2) is 35.2 Å². The lowest BCUT2D eigenvalue weighted by Gasteiger charge is -2.02. The largest absolute Gasteiger partial charge is 0.298 e. The molecule has 0 atom stereocenters. The van der Waals surface area contributed by atoms with Crippen molar-refractivity contribution in [3.63, 3.8) is 0 Å². The summed E-state index contributed by atoms with van der Waals surface area (Å²) in [4.78, 5) is 10.2. The second-order valence-electron chi connectivity index (χ2n) is 3.11. The van der Waals surface area contributed by atoms with Gasteiger partial charge in [0.15, 0.2) is 0 Å². The van der Waals surface area contributed by atoms with Crippen LogP contribution in [0.4, 0.5) is 0 Å². The number of aldehydes is 1. The molecule has 1 aliphatic carbocycles. The number of hydrogen-bond donors (Lipinski definition) is 0. The van der Waals surface area contributed by atoms with Crippen LogP contribution in [-0.4, -0.2) is 15.8 Å². The van der Waals surface area contributed by atoms with Crippen molar-refractivity contribution in [2.75, 3.05) is 0 Å². The van der Waals surface area contributed by atoms with Crippen LogP contribution in [0.2, 0.25) is 0 Å². The van der Waals surface area contributed by atoms with E-state index in [0.29, 0.717) is 0 Å². The topological polar surface area (TPSA) is 21.4 Å². The third-order valence-corrected chi connectivity index (χ3v) is 3.47. The quantitative estimate of drug-likeness (QED) is 0.516. The van der Waals surface area contributed by atoms with E-state index in [1.807, 2.05) is 18.2 Å². The van der Waals surface area contributed by atoms with Gasteiger partial charge in [-0.05, 0) is 25.0 Å². The Morgan fingerprint density at radius 2 is 1.92 bits per heavy atom. The summed E-state index contributed by atoms with van der Waals surface area (Å²) >= 11 is 1.75. The standard InChI is InChI=1S/C10H10OS/c11-8-10(6-7-10)12-9-4-2-1-3-5-9/h1-5,8H,6-7H2/p+1. The van der Waals surface area contributed by atoms with Crippen LogP contribution in [0.1, 0.15) is 12.8 Å². The average Bonchev–Trinajstić information content (AvgIpc) is 2.88. The number of benzene rings is 1. The van der Waals surface area contributed by atoms with Crippen LogP contribution in [0.25, 0.3) is 0 Å². The third kappa shape index (κ3) is 1.53. The van der Waals surface area contributed by atoms with Crippen molar-refractivity contribution in [2.24, 2.45) is 0 Å². The molecule has 0 radical (unpaired) electrons. The zero-order chi connectivity index (χ0) is 8.44. The Hall–Kier alpha value is -0.760. The Bertz CT molecular complexity index is 277. The van der Waals surface area contributed by atoms with E-state index in [0.717, 1.165) is 12.8 Å². The molecule has 0 unspecified atom stereocenters. The minimum absolute atomic E-state index is 0.0430. The minimum atomic E-state index is 0.0430. The molecule has 0 spiro atoms. The summed E-state index contributed by atoms with van der Waals surface area (Å²) < 4.78 is 0.0430. The van der Waals surface area contributed by atoms with Gasteiger partial charge in [0.1, 0.15) is 4.75 Å². The Kier molecular flexibility index (Phi) is 1.93. The van der Waals surface area contributed by atoms with Crippen molar-refractivity contribution < 1.29 is 4.79 Å². The molecule has 62 valence electrons. The zero-order valence-electron chi connectivity index (χ0n) is 6.73. The smallest absolute Gasteiger partial charge is 0.285 e. The van der Waals surface area contributed by atoms with E-state index >= 15 is 0 Å². The van der Waals surface area contributed by atoms with Crippen molar-refractivity contribution in [2.45, 2.75) is 22.5 Å². The highest BCUT2D eigenvalue weighted by Crippen LogP contribution is 2.49. The van der Waals surface area contributed by atoms with Gasteiger partial charge in [-0.2, -0.15) is 0 Å². The van der Waals surface area contributed by atoms with Crippen molar-refractivity contribution in [3.8, 4) is 0 Å². The van der Waals surface area contributed by atoms with E-state index in [1.165, 1.54) is 11.2 Å². The van der Waals surface area contributed by atoms with Gasteiger partial charge in [0.25, 0.3) is 6.29 Å². The van der Waals surface area contributed by atoms with Crippen LogP contribution in [0, 0.1) is 0 Å². The molecule has 1 N–H and O–H groups in total. The zero-order valence-corrected chi connectivity index (χ0v) is 7.55. The first-order valence-electron chi connectivity index (χ1n) is 4.07. The first kappa shape index (κ1) is 7.87. The fourth-order valence-electron chi connectivity index (χ4n) is 1.10. The van der Waals surface area contributed by atoms with Gasteiger partial charge in [0.05, 0.1) is 0 Å². The highest BCUT2D eigenvalue weighted by Gasteiger charge is 2.47. The lowest BCUT2D eigenvalue weighted by molar-refractivity contribution is 0.680. The van der Waals surface area contributed by atoms with Gasteiger partial charge in [-0.15, -0.1) is 11.8 Å². The molecule has 1 nitrogen and oxygen atoms in total. The molecule has 0 heterocycles. The lowest BCUT2D eigenvalue weighted by atomic mass is 10.4. The third-order valence-electron chi connectivity index (χ3n) is 2.04. The fraction of sp³-hybridized carbons (Fsp3) is 0.300. The molecule has 12 heavy (non-hydrogen) atoms. The summed E-state index contributed by atoms with van der Waals surface area (Å²) in [6.45, 7) is 0. The average molecular weight is 179 g/mol. The highest BCUT2D eigenvalue weighted by molar-refractivity contribution is 8.01. The molecule has 0 bridgehead atoms. The van der Waals surface area contributed by atoms with Gasteiger partial charge in [-0.3, -0.25) is 4.79 Å². The summed E-state index contributed by atoms with van der Waals surface area (Å²) in [6, 6.07) is 10.2. The predicted molar refractivity (Wildman–Crippen MR) is 52.3 cm³/mol.